The molecule has 0 saturated carbocycles. The molecule has 1 heterocycles. The van der Waals surface area contributed by atoms with Crippen molar-refractivity contribution in [2.75, 3.05) is 13.2 Å². The van der Waals surface area contributed by atoms with E-state index >= 15 is 0 Å². The molecule has 0 aliphatic heterocycles. The Kier molecular flexibility index (Phi) is 7.00. The summed E-state index contributed by atoms with van der Waals surface area (Å²) in [6.07, 6.45) is -6.93. The van der Waals surface area contributed by atoms with Gasteiger partial charge >= 0.3 is 12.3 Å². The van der Waals surface area contributed by atoms with E-state index in [1.807, 2.05) is 0 Å². The third-order valence-electron chi connectivity index (χ3n) is 2.70. The normalized spacial score (nSPS) is 14.6. The molecule has 0 aliphatic carbocycles. The zero-order valence-electron chi connectivity index (χ0n) is 14.0. The van der Waals surface area contributed by atoms with Gasteiger partial charge in [-0.1, -0.05) is 0 Å². The van der Waals surface area contributed by atoms with Crippen LogP contribution in [0.3, 0.4) is 0 Å². The number of pyridine rings is 1. The van der Waals surface area contributed by atoms with Crippen LogP contribution in [0, 0.1) is 0 Å². The van der Waals surface area contributed by atoms with E-state index in [0.29, 0.717) is 0 Å². The monoisotopic (exact) mass is 366 g/mol. The highest BCUT2D eigenvalue weighted by Gasteiger charge is 2.28. The Morgan fingerprint density at radius 1 is 1.28 bits per heavy atom. The van der Waals surface area contributed by atoms with E-state index in [0.717, 1.165) is 12.3 Å². The van der Waals surface area contributed by atoms with E-state index in [4.69, 9.17) is 4.74 Å². The number of carbonyl (C=O) groups excluding carboxylic acids is 1. The third kappa shape index (κ3) is 8.54. The molecule has 1 aromatic rings. The van der Waals surface area contributed by atoms with Crippen molar-refractivity contribution in [1.82, 2.24) is 10.3 Å². The second-order valence-corrected chi connectivity index (χ2v) is 6.23. The molecule has 0 saturated heterocycles. The summed E-state index contributed by atoms with van der Waals surface area (Å²) in [7, 11) is 0. The summed E-state index contributed by atoms with van der Waals surface area (Å²) in [4.78, 5) is 15.1. The predicted octanol–water partition coefficient (Wildman–Crippen LogP) is 1.94. The summed E-state index contributed by atoms with van der Waals surface area (Å²) in [6.45, 7) is 3.25. The average molecular weight is 366 g/mol. The lowest BCUT2D eigenvalue weighted by molar-refractivity contribution is -0.154. The molecule has 0 aliphatic rings. The second-order valence-electron chi connectivity index (χ2n) is 6.23. The number of ether oxygens (including phenoxy) is 2. The third-order valence-corrected chi connectivity index (χ3v) is 2.70. The fraction of sp³-hybridized carbons (Fsp3) is 0.600. The topological polar surface area (TPSA) is 101 Å². The van der Waals surface area contributed by atoms with E-state index in [1.165, 1.54) is 6.07 Å². The molecule has 1 aromatic heterocycles. The molecule has 142 valence electrons. The molecule has 0 radical (unpaired) electrons. The Balaban J connectivity index is 2.52. The highest BCUT2D eigenvalue weighted by Crippen LogP contribution is 2.20. The molecule has 1 rings (SSSR count). The van der Waals surface area contributed by atoms with Crippen molar-refractivity contribution in [3.63, 3.8) is 0 Å². The number of nitrogens with one attached hydrogen (secondary N) is 1. The van der Waals surface area contributed by atoms with Crippen molar-refractivity contribution < 1.29 is 37.7 Å². The van der Waals surface area contributed by atoms with E-state index in [2.05, 4.69) is 15.0 Å². The molecular formula is C15H21F3N2O5. The molecular weight excluding hydrogens is 345 g/mol. The number of alkyl halides is 3. The van der Waals surface area contributed by atoms with E-state index in [9.17, 15) is 28.2 Å². The number of halogens is 3. The molecule has 0 fully saturated rings. The van der Waals surface area contributed by atoms with Gasteiger partial charge in [-0.05, 0) is 26.8 Å². The van der Waals surface area contributed by atoms with Crippen LogP contribution in [0.1, 0.15) is 32.4 Å². The maximum absolute atomic E-state index is 12.0. The number of aromatic nitrogens is 1. The molecule has 25 heavy (non-hydrogen) atoms. The molecule has 1 amide bonds. The van der Waals surface area contributed by atoms with E-state index < -0.39 is 36.7 Å². The van der Waals surface area contributed by atoms with Gasteiger partial charge in [0.05, 0.1) is 0 Å². The zero-order valence-corrected chi connectivity index (χ0v) is 14.0. The summed E-state index contributed by atoms with van der Waals surface area (Å²) in [5.74, 6) is -0.269. The number of amides is 1. The molecule has 0 aromatic carbocycles. The van der Waals surface area contributed by atoms with Crippen LogP contribution in [0.5, 0.6) is 5.88 Å². The standard InChI is InChI=1S/C15H21F3N2O5/c1-14(2,3)25-13(23)20-7-10(21)12(22)9-4-5-11(19-6-9)24-8-15(16,17)18/h4-6,10,12,21-22H,7-8H2,1-3H3,(H,20,23). The summed E-state index contributed by atoms with van der Waals surface area (Å²) in [6, 6.07) is 2.40. The van der Waals surface area contributed by atoms with Crippen LogP contribution in [-0.4, -0.2) is 52.3 Å². The van der Waals surface area contributed by atoms with Crippen LogP contribution < -0.4 is 10.1 Å². The molecule has 3 N–H and O–H groups in total. The summed E-state index contributed by atoms with van der Waals surface area (Å²) in [5, 5.41) is 22.1. The number of hydrogen-bond acceptors (Lipinski definition) is 6. The fourth-order valence-corrected chi connectivity index (χ4v) is 1.64. The lowest BCUT2D eigenvalue weighted by atomic mass is 10.1. The van der Waals surface area contributed by atoms with Crippen molar-refractivity contribution in [2.45, 2.75) is 44.8 Å². The largest absolute Gasteiger partial charge is 0.468 e. The average Bonchev–Trinajstić information content (AvgIpc) is 2.48. The van der Waals surface area contributed by atoms with Crippen molar-refractivity contribution in [1.29, 1.82) is 0 Å². The van der Waals surface area contributed by atoms with Gasteiger partial charge in [0.25, 0.3) is 0 Å². The van der Waals surface area contributed by atoms with Gasteiger partial charge < -0.3 is 25.0 Å². The molecule has 7 nitrogen and oxygen atoms in total. The van der Waals surface area contributed by atoms with E-state index in [-0.39, 0.29) is 18.0 Å². The number of alkyl carbamates (subject to hydrolysis) is 1. The first kappa shape index (κ1) is 21.0. The lowest BCUT2D eigenvalue weighted by Gasteiger charge is -2.22. The highest BCUT2D eigenvalue weighted by molar-refractivity contribution is 5.67. The number of hydrogen-bond donors (Lipinski definition) is 3. The minimum atomic E-state index is -4.48. The fourth-order valence-electron chi connectivity index (χ4n) is 1.64. The van der Waals surface area contributed by atoms with Gasteiger partial charge in [-0.15, -0.1) is 0 Å². The number of aliphatic hydroxyl groups is 2. The first-order valence-electron chi connectivity index (χ1n) is 7.36. The molecule has 0 bridgehead atoms. The van der Waals surface area contributed by atoms with Gasteiger partial charge in [-0.25, -0.2) is 9.78 Å². The van der Waals surface area contributed by atoms with Crippen molar-refractivity contribution >= 4 is 6.09 Å². The van der Waals surface area contributed by atoms with Gasteiger partial charge in [0, 0.05) is 24.4 Å². The highest BCUT2D eigenvalue weighted by atomic mass is 19.4. The van der Waals surface area contributed by atoms with Crippen LogP contribution >= 0.6 is 0 Å². The van der Waals surface area contributed by atoms with Crippen molar-refractivity contribution in [2.24, 2.45) is 0 Å². The van der Waals surface area contributed by atoms with Gasteiger partial charge in [0.1, 0.15) is 17.8 Å². The summed E-state index contributed by atoms with van der Waals surface area (Å²) in [5.41, 5.74) is -0.554. The number of aliphatic hydroxyl groups excluding tert-OH is 2. The SMILES string of the molecule is CC(C)(C)OC(=O)NCC(O)C(O)c1ccc(OCC(F)(F)F)nc1. The Morgan fingerprint density at radius 3 is 2.40 bits per heavy atom. The zero-order chi connectivity index (χ0) is 19.3. The van der Waals surface area contributed by atoms with Crippen LogP contribution in [0.4, 0.5) is 18.0 Å². The summed E-state index contributed by atoms with van der Waals surface area (Å²) < 4.78 is 45.5. The number of carbonyl (C=O) groups is 1. The Morgan fingerprint density at radius 2 is 1.92 bits per heavy atom. The van der Waals surface area contributed by atoms with Crippen LogP contribution in [0.2, 0.25) is 0 Å². The minimum Gasteiger partial charge on any atom is -0.468 e. The Labute approximate surface area is 142 Å². The van der Waals surface area contributed by atoms with Crippen molar-refractivity contribution in [3.8, 4) is 5.88 Å². The predicted molar refractivity (Wildman–Crippen MR) is 81.0 cm³/mol. The second kappa shape index (κ2) is 8.34. The molecule has 0 spiro atoms. The van der Waals surface area contributed by atoms with Crippen LogP contribution in [-0.2, 0) is 4.74 Å². The van der Waals surface area contributed by atoms with Crippen LogP contribution in [0.25, 0.3) is 0 Å². The molecule has 2 unspecified atom stereocenters. The molecule has 10 heteroatoms. The maximum atomic E-state index is 12.0. The number of nitrogens with zero attached hydrogens (tertiary/aromatic N) is 1. The Hall–Kier alpha value is -2.07. The van der Waals surface area contributed by atoms with Gasteiger partial charge in [0.2, 0.25) is 5.88 Å². The number of rotatable bonds is 6. The van der Waals surface area contributed by atoms with Gasteiger partial charge in [-0.2, -0.15) is 13.2 Å². The van der Waals surface area contributed by atoms with Gasteiger partial charge in [-0.3, -0.25) is 0 Å². The van der Waals surface area contributed by atoms with Crippen molar-refractivity contribution in [3.05, 3.63) is 23.9 Å². The first-order valence-corrected chi connectivity index (χ1v) is 7.36. The summed E-state index contributed by atoms with van der Waals surface area (Å²) >= 11 is 0. The minimum absolute atomic E-state index is 0.151. The smallest absolute Gasteiger partial charge is 0.422 e. The lowest BCUT2D eigenvalue weighted by Crippen LogP contribution is -2.38. The molecule has 2 atom stereocenters. The quantitative estimate of drug-likeness (QED) is 0.711. The first-order chi connectivity index (χ1) is 11.4. The van der Waals surface area contributed by atoms with Gasteiger partial charge in [0.15, 0.2) is 6.61 Å². The maximum Gasteiger partial charge on any atom is 0.422 e. The Bertz CT molecular complexity index is 558. The van der Waals surface area contributed by atoms with Crippen LogP contribution in [0.15, 0.2) is 18.3 Å². The van der Waals surface area contributed by atoms with E-state index in [1.54, 1.807) is 20.8 Å².